The molecule has 0 radical (unpaired) electrons. The SMILES string of the molecule is O=C(NC[C@@H](O)c1ccccc1)c1ccccc1-n1cnnn1. The molecule has 0 aliphatic rings. The largest absolute Gasteiger partial charge is 0.387 e. The maximum absolute atomic E-state index is 12.4. The van der Waals surface area contributed by atoms with Gasteiger partial charge in [0.15, 0.2) is 0 Å². The van der Waals surface area contributed by atoms with Gasteiger partial charge in [-0.1, -0.05) is 42.5 Å². The summed E-state index contributed by atoms with van der Waals surface area (Å²) in [6.45, 7) is 0.118. The van der Waals surface area contributed by atoms with Crippen LogP contribution in [0.4, 0.5) is 0 Å². The molecule has 0 unspecified atom stereocenters. The number of nitrogens with one attached hydrogen (secondary N) is 1. The lowest BCUT2D eigenvalue weighted by Gasteiger charge is -2.13. The Balaban J connectivity index is 1.72. The van der Waals surface area contributed by atoms with E-state index in [2.05, 4.69) is 20.8 Å². The van der Waals surface area contributed by atoms with Crippen LogP contribution in [-0.4, -0.2) is 37.8 Å². The van der Waals surface area contributed by atoms with E-state index in [1.54, 1.807) is 24.3 Å². The van der Waals surface area contributed by atoms with E-state index in [1.165, 1.54) is 11.0 Å². The maximum atomic E-state index is 12.4. The fourth-order valence-corrected chi connectivity index (χ4v) is 2.21. The molecule has 0 spiro atoms. The lowest BCUT2D eigenvalue weighted by atomic mass is 10.1. The van der Waals surface area contributed by atoms with Crippen LogP contribution in [0.5, 0.6) is 0 Å². The molecule has 7 nitrogen and oxygen atoms in total. The van der Waals surface area contributed by atoms with E-state index >= 15 is 0 Å². The van der Waals surface area contributed by atoms with Crippen LogP contribution in [0, 0.1) is 0 Å². The maximum Gasteiger partial charge on any atom is 0.253 e. The smallest absolute Gasteiger partial charge is 0.253 e. The summed E-state index contributed by atoms with van der Waals surface area (Å²) >= 11 is 0. The summed E-state index contributed by atoms with van der Waals surface area (Å²) in [5.41, 5.74) is 1.76. The molecule has 1 heterocycles. The number of aliphatic hydroxyl groups excluding tert-OH is 1. The Hall–Kier alpha value is -3.06. The van der Waals surface area contributed by atoms with Gasteiger partial charge in [0.25, 0.3) is 5.91 Å². The highest BCUT2D eigenvalue weighted by Gasteiger charge is 2.15. The standard InChI is InChI=1S/C16H15N5O2/c22-15(12-6-2-1-3-7-12)10-17-16(23)13-8-4-5-9-14(13)21-11-18-19-20-21/h1-9,11,15,22H,10H2,(H,17,23)/t15-/m1/s1. The minimum absolute atomic E-state index is 0.118. The monoisotopic (exact) mass is 309 g/mol. The number of aliphatic hydroxyl groups is 1. The fraction of sp³-hybridized carbons (Fsp3) is 0.125. The Morgan fingerprint density at radius 1 is 1.13 bits per heavy atom. The predicted octanol–water partition coefficient (Wildman–Crippen LogP) is 1.13. The van der Waals surface area contributed by atoms with Crippen molar-refractivity contribution in [3.05, 3.63) is 72.1 Å². The number of nitrogens with zero attached hydrogens (tertiary/aromatic N) is 4. The van der Waals surface area contributed by atoms with Crippen LogP contribution in [0.3, 0.4) is 0 Å². The molecular weight excluding hydrogens is 294 g/mol. The third-order valence-corrected chi connectivity index (χ3v) is 3.38. The topological polar surface area (TPSA) is 92.9 Å². The summed E-state index contributed by atoms with van der Waals surface area (Å²) in [4.78, 5) is 12.4. The highest BCUT2D eigenvalue weighted by atomic mass is 16.3. The van der Waals surface area contributed by atoms with Crippen LogP contribution in [0.25, 0.3) is 5.69 Å². The van der Waals surface area contributed by atoms with Gasteiger partial charge in [-0.15, -0.1) is 5.10 Å². The van der Waals surface area contributed by atoms with E-state index in [0.29, 0.717) is 11.3 Å². The van der Waals surface area contributed by atoms with Crippen LogP contribution >= 0.6 is 0 Å². The molecule has 1 atom stereocenters. The van der Waals surface area contributed by atoms with Crippen LogP contribution < -0.4 is 5.32 Å². The molecule has 116 valence electrons. The summed E-state index contributed by atoms with van der Waals surface area (Å²) < 4.78 is 1.42. The lowest BCUT2D eigenvalue weighted by Crippen LogP contribution is -2.29. The fourth-order valence-electron chi connectivity index (χ4n) is 2.21. The molecule has 0 bridgehead atoms. The molecule has 7 heteroatoms. The van der Waals surface area contributed by atoms with Gasteiger partial charge in [-0.3, -0.25) is 4.79 Å². The van der Waals surface area contributed by atoms with Crippen LogP contribution in [0.2, 0.25) is 0 Å². The van der Waals surface area contributed by atoms with E-state index in [0.717, 1.165) is 5.56 Å². The number of benzene rings is 2. The summed E-state index contributed by atoms with van der Waals surface area (Å²) in [7, 11) is 0. The van der Waals surface area contributed by atoms with Crippen molar-refractivity contribution in [3.63, 3.8) is 0 Å². The molecule has 0 saturated carbocycles. The van der Waals surface area contributed by atoms with E-state index in [1.807, 2.05) is 30.3 Å². The van der Waals surface area contributed by atoms with Crippen LogP contribution in [0.15, 0.2) is 60.9 Å². The lowest BCUT2D eigenvalue weighted by molar-refractivity contribution is 0.0916. The first-order valence-corrected chi connectivity index (χ1v) is 7.09. The Morgan fingerprint density at radius 2 is 1.87 bits per heavy atom. The van der Waals surface area contributed by atoms with Gasteiger partial charge in [0.1, 0.15) is 6.33 Å². The van der Waals surface area contributed by atoms with Gasteiger partial charge in [0, 0.05) is 6.54 Å². The minimum Gasteiger partial charge on any atom is -0.387 e. The average molecular weight is 309 g/mol. The van der Waals surface area contributed by atoms with Gasteiger partial charge in [0.05, 0.1) is 17.4 Å². The second-order valence-corrected chi connectivity index (χ2v) is 4.91. The zero-order chi connectivity index (χ0) is 16.1. The van der Waals surface area contributed by atoms with Gasteiger partial charge in [-0.05, 0) is 28.1 Å². The molecule has 23 heavy (non-hydrogen) atoms. The highest BCUT2D eigenvalue weighted by Crippen LogP contribution is 2.14. The first-order valence-electron chi connectivity index (χ1n) is 7.09. The number of tetrazole rings is 1. The van der Waals surface area contributed by atoms with Gasteiger partial charge in [0.2, 0.25) is 0 Å². The molecule has 0 fully saturated rings. The Labute approximate surface area is 132 Å². The Kier molecular flexibility index (Phi) is 4.39. The zero-order valence-corrected chi connectivity index (χ0v) is 12.2. The molecule has 0 aliphatic carbocycles. The molecule has 1 aromatic heterocycles. The third-order valence-electron chi connectivity index (χ3n) is 3.38. The van der Waals surface area contributed by atoms with Crippen molar-refractivity contribution in [1.29, 1.82) is 0 Å². The molecule has 2 aromatic carbocycles. The second-order valence-electron chi connectivity index (χ2n) is 4.91. The van der Waals surface area contributed by atoms with Crippen LogP contribution in [-0.2, 0) is 0 Å². The molecule has 0 saturated heterocycles. The summed E-state index contributed by atoms with van der Waals surface area (Å²) in [5.74, 6) is -0.300. The zero-order valence-electron chi connectivity index (χ0n) is 12.2. The first kappa shape index (κ1) is 14.9. The second kappa shape index (κ2) is 6.80. The molecule has 1 amide bonds. The summed E-state index contributed by atoms with van der Waals surface area (Å²) in [6, 6.07) is 16.2. The number of carbonyl (C=O) groups is 1. The molecule has 3 aromatic rings. The van der Waals surface area contributed by atoms with Crippen molar-refractivity contribution in [1.82, 2.24) is 25.5 Å². The Morgan fingerprint density at radius 3 is 2.61 bits per heavy atom. The molecule has 0 aliphatic heterocycles. The third kappa shape index (κ3) is 3.41. The number of para-hydroxylation sites is 1. The molecular formula is C16H15N5O2. The predicted molar refractivity (Wildman–Crippen MR) is 82.9 cm³/mol. The van der Waals surface area contributed by atoms with E-state index in [4.69, 9.17) is 0 Å². The number of hydrogen-bond donors (Lipinski definition) is 2. The van der Waals surface area contributed by atoms with Crippen LogP contribution in [0.1, 0.15) is 22.0 Å². The van der Waals surface area contributed by atoms with Gasteiger partial charge >= 0.3 is 0 Å². The molecule has 2 N–H and O–H groups in total. The first-order chi connectivity index (χ1) is 11.3. The van der Waals surface area contributed by atoms with Crippen molar-refractivity contribution >= 4 is 5.91 Å². The van der Waals surface area contributed by atoms with Gasteiger partial charge in [-0.25, -0.2) is 0 Å². The normalized spacial score (nSPS) is 11.9. The van der Waals surface area contributed by atoms with Crippen molar-refractivity contribution in [2.75, 3.05) is 6.54 Å². The summed E-state index contributed by atoms with van der Waals surface area (Å²) in [6.07, 6.45) is 0.658. The average Bonchev–Trinajstić information content (AvgIpc) is 3.14. The number of hydrogen-bond acceptors (Lipinski definition) is 5. The minimum atomic E-state index is -0.764. The summed E-state index contributed by atoms with van der Waals surface area (Å²) in [5, 5.41) is 23.8. The van der Waals surface area contributed by atoms with Gasteiger partial charge in [-0.2, -0.15) is 4.68 Å². The van der Waals surface area contributed by atoms with Crippen molar-refractivity contribution in [2.24, 2.45) is 0 Å². The van der Waals surface area contributed by atoms with Crippen molar-refractivity contribution in [2.45, 2.75) is 6.10 Å². The number of aromatic nitrogens is 4. The quantitative estimate of drug-likeness (QED) is 0.737. The van der Waals surface area contributed by atoms with E-state index < -0.39 is 6.10 Å². The van der Waals surface area contributed by atoms with Crippen molar-refractivity contribution in [3.8, 4) is 5.69 Å². The number of rotatable bonds is 5. The molecule has 3 rings (SSSR count). The Bertz CT molecular complexity index is 774. The number of amides is 1. The van der Waals surface area contributed by atoms with E-state index in [9.17, 15) is 9.90 Å². The van der Waals surface area contributed by atoms with Gasteiger partial charge < -0.3 is 10.4 Å². The van der Waals surface area contributed by atoms with E-state index in [-0.39, 0.29) is 12.5 Å². The highest BCUT2D eigenvalue weighted by molar-refractivity contribution is 5.97. The number of carbonyl (C=O) groups excluding carboxylic acids is 1. The van der Waals surface area contributed by atoms with Crippen molar-refractivity contribution < 1.29 is 9.90 Å².